The number of benzene rings is 1. The third-order valence-corrected chi connectivity index (χ3v) is 4.34. The lowest BCUT2D eigenvalue weighted by Crippen LogP contribution is -2.37. The zero-order chi connectivity index (χ0) is 13.7. The molecule has 1 fully saturated rings. The van der Waals surface area contributed by atoms with E-state index in [1.165, 1.54) is 6.42 Å². The molecular formula is C15H20O3S. The van der Waals surface area contributed by atoms with Crippen LogP contribution in [0, 0.1) is 5.41 Å². The van der Waals surface area contributed by atoms with E-state index in [1.54, 1.807) is 13.0 Å². The number of carbonyl (C=O) groups is 1. The predicted octanol–water partition coefficient (Wildman–Crippen LogP) is 3.34. The Bertz CT molecular complexity index is 435. The number of para-hydroxylation sites is 1. The molecule has 1 aliphatic carbocycles. The van der Waals surface area contributed by atoms with Gasteiger partial charge >= 0.3 is 5.97 Å². The molecule has 0 saturated heterocycles. The van der Waals surface area contributed by atoms with Crippen LogP contribution < -0.4 is 4.74 Å². The molecule has 0 aliphatic heterocycles. The number of hydrogen-bond acceptors (Lipinski definition) is 4. The summed E-state index contributed by atoms with van der Waals surface area (Å²) in [5, 5.41) is 0. The van der Waals surface area contributed by atoms with Crippen LogP contribution in [0.5, 0.6) is 5.75 Å². The van der Waals surface area contributed by atoms with E-state index >= 15 is 0 Å². The lowest BCUT2D eigenvalue weighted by atomic mass is 9.71. The minimum Gasteiger partial charge on any atom is -0.492 e. The maximum absolute atomic E-state index is 11.8. The Labute approximate surface area is 119 Å². The molecule has 0 heterocycles. The van der Waals surface area contributed by atoms with Crippen LogP contribution in [0.3, 0.4) is 0 Å². The molecule has 104 valence electrons. The van der Waals surface area contributed by atoms with Crippen LogP contribution in [0.4, 0.5) is 0 Å². The van der Waals surface area contributed by atoms with Crippen molar-refractivity contribution in [1.82, 2.24) is 0 Å². The zero-order valence-electron chi connectivity index (χ0n) is 11.2. The molecule has 1 saturated carbocycles. The van der Waals surface area contributed by atoms with Gasteiger partial charge in [0.1, 0.15) is 11.3 Å². The van der Waals surface area contributed by atoms with Gasteiger partial charge in [-0.2, -0.15) is 12.6 Å². The van der Waals surface area contributed by atoms with Gasteiger partial charge in [0.2, 0.25) is 0 Å². The fourth-order valence-electron chi connectivity index (χ4n) is 2.23. The summed E-state index contributed by atoms with van der Waals surface area (Å²) in [6.07, 6.45) is 3.54. The predicted molar refractivity (Wildman–Crippen MR) is 78.0 cm³/mol. The molecule has 1 aromatic carbocycles. The Balaban J connectivity index is 2.05. The minimum absolute atomic E-state index is 0.185. The second kappa shape index (κ2) is 6.33. The van der Waals surface area contributed by atoms with Crippen molar-refractivity contribution in [2.75, 3.05) is 19.0 Å². The van der Waals surface area contributed by atoms with E-state index < -0.39 is 0 Å². The first kappa shape index (κ1) is 14.3. The van der Waals surface area contributed by atoms with E-state index in [0.717, 1.165) is 18.6 Å². The Morgan fingerprint density at radius 1 is 1.37 bits per heavy atom. The van der Waals surface area contributed by atoms with Gasteiger partial charge in [0.05, 0.1) is 13.2 Å². The lowest BCUT2D eigenvalue weighted by Gasteiger charge is -2.40. The molecule has 4 heteroatoms. The van der Waals surface area contributed by atoms with Crippen molar-refractivity contribution in [3.63, 3.8) is 0 Å². The van der Waals surface area contributed by atoms with Crippen molar-refractivity contribution >= 4 is 18.6 Å². The van der Waals surface area contributed by atoms with Gasteiger partial charge in [-0.15, -0.1) is 0 Å². The highest BCUT2D eigenvalue weighted by molar-refractivity contribution is 7.80. The average Bonchev–Trinajstić information content (AvgIpc) is 2.39. The monoisotopic (exact) mass is 280 g/mol. The van der Waals surface area contributed by atoms with Gasteiger partial charge in [-0.25, -0.2) is 4.79 Å². The van der Waals surface area contributed by atoms with Crippen molar-refractivity contribution in [2.24, 2.45) is 5.41 Å². The van der Waals surface area contributed by atoms with Crippen molar-refractivity contribution in [3.05, 3.63) is 29.8 Å². The molecule has 2 rings (SSSR count). The van der Waals surface area contributed by atoms with Gasteiger partial charge < -0.3 is 9.47 Å². The molecule has 0 aromatic heterocycles. The molecule has 0 radical (unpaired) electrons. The molecule has 19 heavy (non-hydrogen) atoms. The fourth-order valence-corrected chi connectivity index (χ4v) is 2.63. The molecule has 0 N–H and O–H groups in total. The van der Waals surface area contributed by atoms with E-state index in [4.69, 9.17) is 9.47 Å². The van der Waals surface area contributed by atoms with Crippen LogP contribution in [-0.4, -0.2) is 24.9 Å². The van der Waals surface area contributed by atoms with Crippen LogP contribution in [0.25, 0.3) is 0 Å². The summed E-state index contributed by atoms with van der Waals surface area (Å²) < 4.78 is 10.9. The quantitative estimate of drug-likeness (QED) is 0.641. The third kappa shape index (κ3) is 3.24. The molecule has 0 atom stereocenters. The number of ether oxygens (including phenoxy) is 2. The highest BCUT2D eigenvalue weighted by Gasteiger charge is 2.36. The Morgan fingerprint density at radius 2 is 2.11 bits per heavy atom. The lowest BCUT2D eigenvalue weighted by molar-refractivity contribution is 0.0508. The van der Waals surface area contributed by atoms with E-state index in [1.807, 2.05) is 18.2 Å². The molecule has 0 bridgehead atoms. The van der Waals surface area contributed by atoms with Crippen LogP contribution in [0.15, 0.2) is 24.3 Å². The third-order valence-electron chi connectivity index (χ3n) is 3.67. The topological polar surface area (TPSA) is 35.5 Å². The maximum Gasteiger partial charge on any atom is 0.341 e. The number of hydrogen-bond donors (Lipinski definition) is 1. The standard InChI is InChI=1S/C15H20O3S/c1-2-17-14(16)12-6-3-4-7-13(12)18-10-15(11-19)8-5-9-15/h3-4,6-7,19H,2,5,8-11H2,1H3. The molecular weight excluding hydrogens is 260 g/mol. The molecule has 0 spiro atoms. The van der Waals surface area contributed by atoms with E-state index in [-0.39, 0.29) is 11.4 Å². The minimum atomic E-state index is -0.327. The highest BCUT2D eigenvalue weighted by Crippen LogP contribution is 2.42. The first-order valence-corrected chi connectivity index (χ1v) is 7.34. The van der Waals surface area contributed by atoms with Gasteiger partial charge in [-0.1, -0.05) is 18.6 Å². The van der Waals surface area contributed by atoms with Crippen molar-refractivity contribution in [1.29, 1.82) is 0 Å². The molecule has 0 amide bonds. The van der Waals surface area contributed by atoms with Gasteiger partial charge in [0.15, 0.2) is 0 Å². The molecule has 1 aliphatic rings. The summed E-state index contributed by atoms with van der Waals surface area (Å²) in [6, 6.07) is 7.24. The number of rotatable bonds is 6. The summed E-state index contributed by atoms with van der Waals surface area (Å²) in [5.41, 5.74) is 0.684. The van der Waals surface area contributed by atoms with E-state index in [0.29, 0.717) is 24.5 Å². The Kier molecular flexibility index (Phi) is 4.75. The van der Waals surface area contributed by atoms with Gasteiger partial charge in [-0.3, -0.25) is 0 Å². The Hall–Kier alpha value is -1.16. The van der Waals surface area contributed by atoms with Crippen LogP contribution in [0.1, 0.15) is 36.5 Å². The zero-order valence-corrected chi connectivity index (χ0v) is 12.1. The second-order valence-electron chi connectivity index (χ2n) is 5.02. The maximum atomic E-state index is 11.8. The summed E-state index contributed by atoms with van der Waals surface area (Å²) in [5.74, 6) is 1.11. The van der Waals surface area contributed by atoms with Crippen molar-refractivity contribution in [2.45, 2.75) is 26.2 Å². The largest absolute Gasteiger partial charge is 0.492 e. The summed E-state index contributed by atoms with van der Waals surface area (Å²) in [7, 11) is 0. The highest BCUT2D eigenvalue weighted by atomic mass is 32.1. The summed E-state index contributed by atoms with van der Waals surface area (Å²) >= 11 is 4.41. The van der Waals surface area contributed by atoms with Crippen molar-refractivity contribution < 1.29 is 14.3 Å². The van der Waals surface area contributed by atoms with E-state index in [2.05, 4.69) is 12.6 Å². The summed E-state index contributed by atoms with van der Waals surface area (Å²) in [6.45, 7) is 2.78. The smallest absolute Gasteiger partial charge is 0.341 e. The molecule has 3 nitrogen and oxygen atoms in total. The first-order valence-electron chi connectivity index (χ1n) is 6.70. The van der Waals surface area contributed by atoms with E-state index in [9.17, 15) is 4.79 Å². The van der Waals surface area contributed by atoms with Crippen molar-refractivity contribution in [3.8, 4) is 5.75 Å². The van der Waals surface area contributed by atoms with Gasteiger partial charge in [0.25, 0.3) is 0 Å². The van der Waals surface area contributed by atoms with Crippen LogP contribution in [0.2, 0.25) is 0 Å². The number of thiol groups is 1. The molecule has 0 unspecified atom stereocenters. The average molecular weight is 280 g/mol. The first-order chi connectivity index (χ1) is 9.21. The number of carbonyl (C=O) groups excluding carboxylic acids is 1. The Morgan fingerprint density at radius 3 is 2.68 bits per heavy atom. The molecule has 1 aromatic rings. The van der Waals surface area contributed by atoms with Gasteiger partial charge in [-0.05, 0) is 37.7 Å². The number of esters is 1. The summed E-state index contributed by atoms with van der Waals surface area (Å²) in [4.78, 5) is 11.8. The van der Waals surface area contributed by atoms with Gasteiger partial charge in [0, 0.05) is 5.41 Å². The second-order valence-corrected chi connectivity index (χ2v) is 5.33. The normalized spacial score (nSPS) is 16.5. The van der Waals surface area contributed by atoms with Crippen LogP contribution >= 0.6 is 12.6 Å². The fraction of sp³-hybridized carbons (Fsp3) is 0.533. The van der Waals surface area contributed by atoms with Crippen LogP contribution in [-0.2, 0) is 4.74 Å². The SMILES string of the molecule is CCOC(=O)c1ccccc1OCC1(CS)CCC1.